The van der Waals surface area contributed by atoms with E-state index in [2.05, 4.69) is 10.3 Å². The van der Waals surface area contributed by atoms with Crippen molar-refractivity contribution < 1.29 is 14.0 Å². The monoisotopic (exact) mass is 386 g/mol. The average Bonchev–Trinajstić information content (AvgIpc) is 3.38. The Hall–Kier alpha value is -2.94. The molecule has 140 valence electrons. The van der Waals surface area contributed by atoms with E-state index in [1.165, 1.54) is 28.2 Å². The lowest BCUT2D eigenvalue weighted by molar-refractivity contribution is 0.0667. The molecule has 1 atom stereocenters. The van der Waals surface area contributed by atoms with Gasteiger partial charge in [0, 0.05) is 37.4 Å². The van der Waals surface area contributed by atoms with Crippen molar-refractivity contribution in [2.24, 2.45) is 5.92 Å². The second-order valence-corrected chi connectivity index (χ2v) is 7.35. The fourth-order valence-corrected chi connectivity index (χ4v) is 3.96. The first-order valence-electron chi connectivity index (χ1n) is 8.69. The van der Waals surface area contributed by atoms with Gasteiger partial charge in [0.25, 0.3) is 17.4 Å². The van der Waals surface area contributed by atoms with E-state index in [1.54, 1.807) is 28.6 Å². The maximum absolute atomic E-state index is 12.8. The normalized spacial score (nSPS) is 17.2. The van der Waals surface area contributed by atoms with E-state index >= 15 is 0 Å². The van der Waals surface area contributed by atoms with Gasteiger partial charge in [-0.2, -0.15) is 0 Å². The standard InChI is InChI=1S/C18H18N4O4S/c23-15(14-4-2-7-26-14)19-9-12-3-1-5-21(11-12)16(24)13-10-20-18-22(17(13)25)6-8-27-18/h2,4,6-8,10,12H,1,3,5,9,11H2,(H,19,23)/t12-/m0/s1. The van der Waals surface area contributed by atoms with E-state index in [4.69, 9.17) is 4.42 Å². The van der Waals surface area contributed by atoms with Gasteiger partial charge in [-0.15, -0.1) is 11.3 Å². The molecule has 4 rings (SSSR count). The molecule has 3 aromatic heterocycles. The topological polar surface area (TPSA) is 96.9 Å². The number of carbonyl (C=O) groups excluding carboxylic acids is 2. The van der Waals surface area contributed by atoms with Crippen molar-refractivity contribution in [1.82, 2.24) is 19.6 Å². The van der Waals surface area contributed by atoms with Crippen LogP contribution >= 0.6 is 11.3 Å². The van der Waals surface area contributed by atoms with Crippen LogP contribution < -0.4 is 10.9 Å². The molecule has 0 radical (unpaired) electrons. The molecule has 0 spiro atoms. The Labute approximate surface area is 158 Å². The fourth-order valence-electron chi connectivity index (χ4n) is 3.29. The van der Waals surface area contributed by atoms with Gasteiger partial charge in [0.15, 0.2) is 10.7 Å². The SMILES string of the molecule is O=C(NC[C@@H]1CCCN(C(=O)c2cnc3sccn3c2=O)C1)c1ccco1. The minimum Gasteiger partial charge on any atom is -0.459 e. The first-order valence-corrected chi connectivity index (χ1v) is 9.57. The van der Waals surface area contributed by atoms with Crippen LogP contribution in [0.4, 0.5) is 0 Å². The van der Waals surface area contributed by atoms with Crippen LogP contribution in [0.15, 0.2) is 45.4 Å². The molecule has 1 N–H and O–H groups in total. The molecule has 1 fully saturated rings. The number of hydrogen-bond donors (Lipinski definition) is 1. The highest BCUT2D eigenvalue weighted by Crippen LogP contribution is 2.18. The number of thiazole rings is 1. The third-order valence-electron chi connectivity index (χ3n) is 4.68. The number of carbonyl (C=O) groups is 2. The lowest BCUT2D eigenvalue weighted by Gasteiger charge is -2.32. The van der Waals surface area contributed by atoms with Gasteiger partial charge < -0.3 is 14.6 Å². The minimum atomic E-state index is -0.348. The molecule has 0 unspecified atom stereocenters. The molecule has 27 heavy (non-hydrogen) atoms. The summed E-state index contributed by atoms with van der Waals surface area (Å²) in [6.07, 6.45) is 6.16. The molecular formula is C18H18N4O4S. The fraction of sp³-hybridized carbons (Fsp3) is 0.333. The number of nitrogens with zero attached hydrogens (tertiary/aromatic N) is 3. The highest BCUT2D eigenvalue weighted by molar-refractivity contribution is 7.15. The average molecular weight is 386 g/mol. The van der Waals surface area contributed by atoms with Crippen LogP contribution in [0.2, 0.25) is 0 Å². The van der Waals surface area contributed by atoms with Crippen molar-refractivity contribution in [2.75, 3.05) is 19.6 Å². The zero-order valence-electron chi connectivity index (χ0n) is 14.5. The van der Waals surface area contributed by atoms with Gasteiger partial charge in [-0.25, -0.2) is 4.98 Å². The molecule has 0 bridgehead atoms. The molecule has 0 saturated carbocycles. The van der Waals surface area contributed by atoms with Gasteiger partial charge >= 0.3 is 0 Å². The molecule has 0 aromatic carbocycles. The highest BCUT2D eigenvalue weighted by Gasteiger charge is 2.27. The van der Waals surface area contributed by atoms with E-state index in [0.29, 0.717) is 24.6 Å². The quantitative estimate of drug-likeness (QED) is 0.735. The molecule has 2 amide bonds. The van der Waals surface area contributed by atoms with Gasteiger partial charge in [0.1, 0.15) is 5.56 Å². The molecule has 4 heterocycles. The third-order valence-corrected chi connectivity index (χ3v) is 5.45. The Bertz CT molecular complexity index is 1020. The Kier molecular flexibility index (Phi) is 4.76. The van der Waals surface area contributed by atoms with Crippen molar-refractivity contribution in [3.05, 3.63) is 57.8 Å². The summed E-state index contributed by atoms with van der Waals surface area (Å²) in [5.41, 5.74) is -0.273. The smallest absolute Gasteiger partial charge is 0.286 e. The van der Waals surface area contributed by atoms with Crippen molar-refractivity contribution in [3.8, 4) is 0 Å². The number of nitrogens with one attached hydrogen (secondary N) is 1. The Balaban J connectivity index is 1.42. The lowest BCUT2D eigenvalue weighted by atomic mass is 9.97. The predicted octanol–water partition coefficient (Wildman–Crippen LogP) is 1.63. The van der Waals surface area contributed by atoms with Crippen LogP contribution in [0.3, 0.4) is 0 Å². The van der Waals surface area contributed by atoms with E-state index in [1.807, 2.05) is 0 Å². The van der Waals surface area contributed by atoms with E-state index in [0.717, 1.165) is 12.8 Å². The van der Waals surface area contributed by atoms with Crippen molar-refractivity contribution in [2.45, 2.75) is 12.8 Å². The number of aromatic nitrogens is 2. The first kappa shape index (κ1) is 17.5. The second-order valence-electron chi connectivity index (χ2n) is 6.48. The predicted molar refractivity (Wildman–Crippen MR) is 99.0 cm³/mol. The molecule has 8 nitrogen and oxygen atoms in total. The summed E-state index contributed by atoms with van der Waals surface area (Å²) in [6.45, 7) is 1.53. The Morgan fingerprint density at radius 1 is 1.41 bits per heavy atom. The van der Waals surface area contributed by atoms with Gasteiger partial charge in [0.05, 0.1) is 6.26 Å². The number of furan rings is 1. The van der Waals surface area contributed by atoms with Crippen LogP contribution in [0.5, 0.6) is 0 Å². The molecular weight excluding hydrogens is 368 g/mol. The van der Waals surface area contributed by atoms with Gasteiger partial charge in [0.2, 0.25) is 0 Å². The molecule has 1 aliphatic rings. The van der Waals surface area contributed by atoms with Crippen molar-refractivity contribution >= 4 is 28.1 Å². The summed E-state index contributed by atoms with van der Waals surface area (Å²) in [4.78, 5) is 43.8. The maximum atomic E-state index is 12.8. The van der Waals surface area contributed by atoms with Crippen molar-refractivity contribution in [3.63, 3.8) is 0 Å². The van der Waals surface area contributed by atoms with Crippen LogP contribution in [-0.2, 0) is 0 Å². The zero-order valence-corrected chi connectivity index (χ0v) is 15.3. The summed E-state index contributed by atoms with van der Waals surface area (Å²) in [5, 5.41) is 4.60. The molecule has 3 aromatic rings. The van der Waals surface area contributed by atoms with E-state index < -0.39 is 0 Å². The third kappa shape index (κ3) is 3.50. The summed E-state index contributed by atoms with van der Waals surface area (Å²) >= 11 is 1.35. The number of likely N-dealkylation sites (tertiary alicyclic amines) is 1. The number of amides is 2. The summed E-state index contributed by atoms with van der Waals surface area (Å²) in [6, 6.07) is 3.26. The summed E-state index contributed by atoms with van der Waals surface area (Å²) in [5.74, 6) is -0.187. The Morgan fingerprint density at radius 3 is 3.11 bits per heavy atom. The number of rotatable bonds is 4. The number of hydrogen-bond acceptors (Lipinski definition) is 6. The molecule has 9 heteroatoms. The van der Waals surface area contributed by atoms with Crippen LogP contribution in [0, 0.1) is 5.92 Å². The van der Waals surface area contributed by atoms with Crippen LogP contribution in [0.25, 0.3) is 4.96 Å². The van der Waals surface area contributed by atoms with Crippen molar-refractivity contribution in [1.29, 1.82) is 0 Å². The summed E-state index contributed by atoms with van der Waals surface area (Å²) < 4.78 is 6.47. The van der Waals surface area contributed by atoms with Gasteiger partial charge in [-0.3, -0.25) is 18.8 Å². The molecule has 0 aliphatic carbocycles. The lowest BCUT2D eigenvalue weighted by Crippen LogP contribution is -2.45. The first-order chi connectivity index (χ1) is 13.1. The maximum Gasteiger partial charge on any atom is 0.286 e. The van der Waals surface area contributed by atoms with Crippen LogP contribution in [0.1, 0.15) is 33.8 Å². The second kappa shape index (κ2) is 7.36. The number of piperidine rings is 1. The van der Waals surface area contributed by atoms with Crippen LogP contribution in [-0.4, -0.2) is 45.7 Å². The summed E-state index contributed by atoms with van der Waals surface area (Å²) in [7, 11) is 0. The highest BCUT2D eigenvalue weighted by atomic mass is 32.1. The van der Waals surface area contributed by atoms with Gasteiger partial charge in [-0.05, 0) is 30.9 Å². The minimum absolute atomic E-state index is 0.0752. The molecule has 1 aliphatic heterocycles. The number of fused-ring (bicyclic) bond motifs is 1. The van der Waals surface area contributed by atoms with E-state index in [9.17, 15) is 14.4 Å². The zero-order chi connectivity index (χ0) is 18.8. The van der Waals surface area contributed by atoms with E-state index in [-0.39, 0.29) is 34.6 Å². The largest absolute Gasteiger partial charge is 0.459 e. The van der Waals surface area contributed by atoms with Gasteiger partial charge in [-0.1, -0.05) is 0 Å². The molecule has 1 saturated heterocycles. The Morgan fingerprint density at radius 2 is 2.30 bits per heavy atom.